The molecular formula is C40H47ClN4O4. The third-order valence-corrected chi connectivity index (χ3v) is 9.07. The molecule has 0 amide bonds. The predicted molar refractivity (Wildman–Crippen MR) is 194 cm³/mol. The lowest BCUT2D eigenvalue weighted by Crippen LogP contribution is -2.35. The first-order valence-electron chi connectivity index (χ1n) is 16.9. The average Bonchev–Trinajstić information content (AvgIpc) is 3.50. The van der Waals surface area contributed by atoms with Gasteiger partial charge in [-0.1, -0.05) is 41.9 Å². The molecule has 0 spiro atoms. The summed E-state index contributed by atoms with van der Waals surface area (Å²) in [4.78, 5) is 6.45. The molecule has 8 nitrogen and oxygen atoms in total. The third kappa shape index (κ3) is 9.96. The second kappa shape index (κ2) is 16.5. The molecule has 1 aliphatic heterocycles. The molecular weight excluding hydrogens is 636 g/mol. The summed E-state index contributed by atoms with van der Waals surface area (Å²) in [6, 6.07) is 20.1. The quantitative estimate of drug-likeness (QED) is 0.130. The summed E-state index contributed by atoms with van der Waals surface area (Å²) in [6.45, 7) is 14.9. The molecule has 1 saturated heterocycles. The van der Waals surface area contributed by atoms with E-state index < -0.39 is 0 Å². The number of rotatable bonds is 14. The SMILES string of the molecule is Cc1c(COc2cc(OCc3cncc(C#N)c3)c(CNC(C)(C)C)cc2Cl)cccc1-c1cccc(OCCCN2CC[C@@H](O)C2)c1C. The van der Waals surface area contributed by atoms with Crippen molar-refractivity contribution in [3.8, 4) is 34.4 Å². The Kier molecular flexibility index (Phi) is 12.2. The molecule has 0 aliphatic carbocycles. The van der Waals surface area contributed by atoms with E-state index in [0.717, 1.165) is 77.2 Å². The number of ether oxygens (including phenoxy) is 3. The van der Waals surface area contributed by atoms with Gasteiger partial charge in [-0.25, -0.2) is 0 Å². The van der Waals surface area contributed by atoms with Crippen LogP contribution < -0.4 is 19.5 Å². The number of aliphatic hydroxyl groups is 1. The van der Waals surface area contributed by atoms with Gasteiger partial charge in [-0.05, 0) is 93.5 Å². The zero-order valence-electron chi connectivity index (χ0n) is 29.2. The van der Waals surface area contributed by atoms with Crippen LogP contribution in [0.3, 0.4) is 0 Å². The number of nitrogens with one attached hydrogen (secondary N) is 1. The molecule has 9 heteroatoms. The van der Waals surface area contributed by atoms with Crippen LogP contribution in [0.2, 0.25) is 5.02 Å². The van der Waals surface area contributed by atoms with E-state index in [9.17, 15) is 10.4 Å². The number of likely N-dealkylation sites (tertiary alicyclic amines) is 1. The molecule has 0 unspecified atom stereocenters. The van der Waals surface area contributed by atoms with Gasteiger partial charge in [0.15, 0.2) is 0 Å². The van der Waals surface area contributed by atoms with Crippen LogP contribution in [-0.2, 0) is 19.8 Å². The molecule has 1 fully saturated rings. The summed E-state index contributed by atoms with van der Waals surface area (Å²) in [7, 11) is 0. The molecule has 0 saturated carbocycles. The molecule has 258 valence electrons. The first-order valence-corrected chi connectivity index (χ1v) is 17.3. The van der Waals surface area contributed by atoms with Crippen molar-refractivity contribution in [2.24, 2.45) is 0 Å². The van der Waals surface area contributed by atoms with Crippen molar-refractivity contribution >= 4 is 11.6 Å². The van der Waals surface area contributed by atoms with E-state index >= 15 is 0 Å². The molecule has 2 N–H and O–H groups in total. The highest BCUT2D eigenvalue weighted by molar-refractivity contribution is 6.32. The van der Waals surface area contributed by atoms with Gasteiger partial charge in [-0.3, -0.25) is 4.98 Å². The molecule has 1 aliphatic rings. The van der Waals surface area contributed by atoms with Crippen molar-refractivity contribution in [2.75, 3.05) is 26.2 Å². The molecule has 2 heterocycles. The van der Waals surface area contributed by atoms with Crippen LogP contribution in [-0.4, -0.2) is 52.9 Å². The van der Waals surface area contributed by atoms with E-state index in [4.69, 9.17) is 25.8 Å². The molecule has 1 atom stereocenters. The first-order chi connectivity index (χ1) is 23.5. The van der Waals surface area contributed by atoms with Crippen molar-refractivity contribution in [3.63, 3.8) is 0 Å². The molecule has 0 radical (unpaired) electrons. The molecule has 1 aromatic heterocycles. The molecule has 5 rings (SSSR count). The lowest BCUT2D eigenvalue weighted by molar-refractivity contribution is 0.173. The van der Waals surface area contributed by atoms with Gasteiger partial charge in [-0.15, -0.1) is 0 Å². The number of β-amino-alcohol motifs (C(OH)–C–C–N with tert-alkyl or cyclic N) is 1. The number of benzene rings is 3. The summed E-state index contributed by atoms with van der Waals surface area (Å²) in [5.74, 6) is 2.06. The Labute approximate surface area is 295 Å². The van der Waals surface area contributed by atoms with Crippen LogP contribution in [0.5, 0.6) is 17.2 Å². The second-order valence-electron chi connectivity index (χ2n) is 13.7. The fraction of sp³-hybridized carbons (Fsp3) is 0.400. The zero-order valence-corrected chi connectivity index (χ0v) is 29.9. The average molecular weight is 683 g/mol. The Hall–Kier alpha value is -4.13. The third-order valence-electron chi connectivity index (χ3n) is 8.77. The highest BCUT2D eigenvalue weighted by atomic mass is 35.5. The maximum absolute atomic E-state index is 9.78. The van der Waals surface area contributed by atoms with Crippen LogP contribution in [0, 0.1) is 25.2 Å². The van der Waals surface area contributed by atoms with Crippen LogP contribution in [0.4, 0.5) is 0 Å². The molecule has 49 heavy (non-hydrogen) atoms. The van der Waals surface area contributed by atoms with E-state index in [0.29, 0.717) is 41.8 Å². The number of aliphatic hydroxyl groups excluding tert-OH is 1. The van der Waals surface area contributed by atoms with Gasteiger partial charge in [0.25, 0.3) is 0 Å². The Balaban J connectivity index is 1.30. The van der Waals surface area contributed by atoms with Gasteiger partial charge in [0.1, 0.15) is 36.5 Å². The number of nitrogens with zero attached hydrogens (tertiary/aromatic N) is 3. The largest absolute Gasteiger partial charge is 0.493 e. The minimum absolute atomic E-state index is 0.102. The van der Waals surface area contributed by atoms with Gasteiger partial charge >= 0.3 is 0 Å². The lowest BCUT2D eigenvalue weighted by Gasteiger charge is -2.22. The Morgan fingerprint density at radius 1 is 0.939 bits per heavy atom. The Morgan fingerprint density at radius 3 is 2.43 bits per heavy atom. The van der Waals surface area contributed by atoms with E-state index in [-0.39, 0.29) is 18.2 Å². The highest BCUT2D eigenvalue weighted by Crippen LogP contribution is 2.36. The fourth-order valence-corrected chi connectivity index (χ4v) is 6.18. The van der Waals surface area contributed by atoms with Crippen molar-refractivity contribution in [1.82, 2.24) is 15.2 Å². The molecule has 0 bridgehead atoms. The highest BCUT2D eigenvalue weighted by Gasteiger charge is 2.20. The lowest BCUT2D eigenvalue weighted by atomic mass is 9.93. The predicted octanol–water partition coefficient (Wildman–Crippen LogP) is 7.77. The zero-order chi connectivity index (χ0) is 35.0. The fourth-order valence-electron chi connectivity index (χ4n) is 5.94. The number of halogens is 1. The van der Waals surface area contributed by atoms with Gasteiger partial charge < -0.3 is 29.5 Å². The van der Waals surface area contributed by atoms with Gasteiger partial charge in [0, 0.05) is 61.3 Å². The minimum atomic E-state index is -0.197. The molecule has 3 aromatic carbocycles. The summed E-state index contributed by atoms with van der Waals surface area (Å²) in [6.07, 6.45) is 4.80. The maximum atomic E-state index is 9.78. The number of hydrogen-bond acceptors (Lipinski definition) is 8. The van der Waals surface area contributed by atoms with Crippen LogP contribution in [0.15, 0.2) is 67.0 Å². The summed E-state index contributed by atoms with van der Waals surface area (Å²) in [5.41, 5.74) is 7.61. The standard InChI is InChI=1S/C40H47ClN4O4/c1-27-31(9-6-10-34(27)35-11-7-12-37(28(35)2)47-16-8-14-45-15-13-33(46)24-45)26-49-39-19-38(32(18-36(39)41)23-44-40(3,4)5)48-25-30-17-29(20-42)21-43-22-30/h6-7,9-12,17-19,21-22,33,44,46H,8,13-16,23-26H2,1-5H3/t33-/m1/s1. The van der Waals surface area contributed by atoms with Crippen LogP contribution >= 0.6 is 11.6 Å². The molecule has 4 aromatic rings. The summed E-state index contributed by atoms with van der Waals surface area (Å²) < 4.78 is 18.9. The summed E-state index contributed by atoms with van der Waals surface area (Å²) >= 11 is 6.79. The number of hydrogen-bond donors (Lipinski definition) is 2. The van der Waals surface area contributed by atoms with E-state index in [2.05, 4.69) is 80.2 Å². The Morgan fingerprint density at radius 2 is 1.69 bits per heavy atom. The van der Waals surface area contributed by atoms with Crippen molar-refractivity contribution < 1.29 is 19.3 Å². The van der Waals surface area contributed by atoms with Gasteiger partial charge in [0.05, 0.1) is 23.3 Å². The van der Waals surface area contributed by atoms with Crippen molar-refractivity contribution in [3.05, 3.63) is 105 Å². The first kappa shape index (κ1) is 36.2. The maximum Gasteiger partial charge on any atom is 0.142 e. The smallest absolute Gasteiger partial charge is 0.142 e. The van der Waals surface area contributed by atoms with E-state index in [1.807, 2.05) is 24.3 Å². The second-order valence-corrected chi connectivity index (χ2v) is 14.1. The normalized spacial score (nSPS) is 14.9. The topological polar surface area (TPSA) is 99.9 Å². The van der Waals surface area contributed by atoms with E-state index in [1.54, 1.807) is 12.3 Å². The number of aromatic nitrogens is 1. The van der Waals surface area contributed by atoms with Crippen LogP contribution in [0.1, 0.15) is 67.0 Å². The van der Waals surface area contributed by atoms with Crippen LogP contribution in [0.25, 0.3) is 11.1 Å². The van der Waals surface area contributed by atoms with E-state index in [1.165, 1.54) is 6.20 Å². The monoisotopic (exact) mass is 682 g/mol. The Bertz CT molecular complexity index is 1780. The minimum Gasteiger partial charge on any atom is -0.493 e. The van der Waals surface area contributed by atoms with Gasteiger partial charge in [0.2, 0.25) is 0 Å². The van der Waals surface area contributed by atoms with Crippen molar-refractivity contribution in [1.29, 1.82) is 5.26 Å². The summed E-state index contributed by atoms with van der Waals surface area (Å²) in [5, 5.41) is 23.1. The van der Waals surface area contributed by atoms with Crippen molar-refractivity contribution in [2.45, 2.75) is 78.9 Å². The number of pyridine rings is 1. The number of nitriles is 1. The van der Waals surface area contributed by atoms with Gasteiger partial charge in [-0.2, -0.15) is 5.26 Å².